The number of aryl methyl sites for hydroxylation is 2. The summed E-state index contributed by atoms with van der Waals surface area (Å²) in [7, 11) is 1.87. The first-order chi connectivity index (χ1) is 9.75. The van der Waals surface area contributed by atoms with Crippen LogP contribution in [0.2, 0.25) is 0 Å². The SMILES string of the molecule is Cn1c(C2CCCN2)nc2sc3c(c2c1=O)CCCC3. The number of rotatable bonds is 1. The van der Waals surface area contributed by atoms with Gasteiger partial charge >= 0.3 is 0 Å². The van der Waals surface area contributed by atoms with Crippen LogP contribution in [-0.2, 0) is 19.9 Å². The Labute approximate surface area is 121 Å². The van der Waals surface area contributed by atoms with E-state index in [4.69, 9.17) is 4.98 Å². The summed E-state index contributed by atoms with van der Waals surface area (Å²) in [5.74, 6) is 0.915. The molecule has 4 rings (SSSR count). The minimum Gasteiger partial charge on any atom is -0.307 e. The van der Waals surface area contributed by atoms with E-state index in [-0.39, 0.29) is 11.6 Å². The fraction of sp³-hybridized carbons (Fsp3) is 0.600. The van der Waals surface area contributed by atoms with Gasteiger partial charge in [0.05, 0.1) is 11.4 Å². The van der Waals surface area contributed by atoms with E-state index < -0.39 is 0 Å². The fourth-order valence-electron chi connectivity index (χ4n) is 3.52. The van der Waals surface area contributed by atoms with Crippen LogP contribution in [0.15, 0.2) is 4.79 Å². The van der Waals surface area contributed by atoms with Gasteiger partial charge in [0.1, 0.15) is 10.7 Å². The maximum Gasteiger partial charge on any atom is 0.262 e. The van der Waals surface area contributed by atoms with Gasteiger partial charge in [-0.15, -0.1) is 11.3 Å². The van der Waals surface area contributed by atoms with Crippen molar-refractivity contribution in [3.63, 3.8) is 0 Å². The van der Waals surface area contributed by atoms with E-state index in [0.717, 1.165) is 41.8 Å². The van der Waals surface area contributed by atoms with Gasteiger partial charge in [0.2, 0.25) is 0 Å². The Hall–Kier alpha value is -1.20. The predicted molar refractivity (Wildman–Crippen MR) is 81.5 cm³/mol. The highest BCUT2D eigenvalue weighted by molar-refractivity contribution is 7.18. The van der Waals surface area contributed by atoms with Gasteiger partial charge in [0.15, 0.2) is 0 Å². The summed E-state index contributed by atoms with van der Waals surface area (Å²) >= 11 is 1.74. The van der Waals surface area contributed by atoms with Crippen molar-refractivity contribution in [1.29, 1.82) is 0 Å². The molecule has 0 saturated carbocycles. The topological polar surface area (TPSA) is 46.9 Å². The molecule has 1 unspecified atom stereocenters. The van der Waals surface area contributed by atoms with Crippen LogP contribution in [0.5, 0.6) is 0 Å². The molecule has 0 amide bonds. The Morgan fingerprint density at radius 2 is 2.15 bits per heavy atom. The standard InChI is InChI=1S/C15H19N3OS/c1-18-13(10-6-4-8-16-10)17-14-12(15(18)19)9-5-2-3-7-11(9)20-14/h10,16H,2-8H2,1H3. The highest BCUT2D eigenvalue weighted by Gasteiger charge is 2.25. The lowest BCUT2D eigenvalue weighted by Gasteiger charge is -2.14. The van der Waals surface area contributed by atoms with Crippen molar-refractivity contribution in [2.45, 2.75) is 44.6 Å². The Kier molecular flexibility index (Phi) is 2.93. The molecule has 1 atom stereocenters. The third-order valence-corrected chi connectivity index (χ3v) is 5.79. The van der Waals surface area contributed by atoms with E-state index in [9.17, 15) is 4.79 Å². The van der Waals surface area contributed by atoms with E-state index in [1.807, 2.05) is 7.05 Å². The number of aromatic nitrogens is 2. The highest BCUT2D eigenvalue weighted by atomic mass is 32.1. The Morgan fingerprint density at radius 1 is 1.30 bits per heavy atom. The minimum absolute atomic E-state index is 0.151. The van der Waals surface area contributed by atoms with Gasteiger partial charge in [-0.2, -0.15) is 0 Å². The summed E-state index contributed by atoms with van der Waals surface area (Å²) in [6.07, 6.45) is 6.87. The molecular weight excluding hydrogens is 270 g/mol. The van der Waals surface area contributed by atoms with Crippen LogP contribution < -0.4 is 10.9 Å². The van der Waals surface area contributed by atoms with Crippen molar-refractivity contribution in [1.82, 2.24) is 14.9 Å². The minimum atomic E-state index is 0.151. The average molecular weight is 289 g/mol. The molecule has 3 heterocycles. The zero-order chi connectivity index (χ0) is 13.7. The molecule has 0 bridgehead atoms. The largest absolute Gasteiger partial charge is 0.307 e. The number of nitrogens with one attached hydrogen (secondary N) is 1. The molecule has 20 heavy (non-hydrogen) atoms. The second-order valence-electron chi connectivity index (χ2n) is 5.87. The van der Waals surface area contributed by atoms with E-state index >= 15 is 0 Å². The molecule has 1 saturated heterocycles. The van der Waals surface area contributed by atoms with Gasteiger partial charge in [0.25, 0.3) is 5.56 Å². The molecule has 1 aliphatic heterocycles. The summed E-state index contributed by atoms with van der Waals surface area (Å²) in [6, 6.07) is 0.247. The first-order valence-electron chi connectivity index (χ1n) is 7.50. The van der Waals surface area contributed by atoms with Gasteiger partial charge in [-0.3, -0.25) is 9.36 Å². The number of thiophene rings is 1. The van der Waals surface area contributed by atoms with E-state index in [0.29, 0.717) is 0 Å². The quantitative estimate of drug-likeness (QED) is 0.876. The Bertz CT molecular complexity index is 725. The monoisotopic (exact) mass is 289 g/mol. The zero-order valence-corrected chi connectivity index (χ0v) is 12.6. The van der Waals surface area contributed by atoms with Gasteiger partial charge < -0.3 is 5.32 Å². The normalized spacial score (nSPS) is 22.4. The average Bonchev–Trinajstić information content (AvgIpc) is 3.09. The molecule has 2 aromatic heterocycles. The summed E-state index contributed by atoms with van der Waals surface area (Å²) in [5.41, 5.74) is 1.44. The lowest BCUT2D eigenvalue weighted by molar-refractivity contribution is 0.565. The summed E-state index contributed by atoms with van der Waals surface area (Å²) in [6.45, 7) is 1.03. The maximum atomic E-state index is 12.7. The molecule has 0 spiro atoms. The molecular formula is C15H19N3OS. The van der Waals surface area contributed by atoms with Crippen LogP contribution in [0.4, 0.5) is 0 Å². The maximum absolute atomic E-state index is 12.7. The number of hydrogen-bond donors (Lipinski definition) is 1. The molecule has 1 fully saturated rings. The van der Waals surface area contributed by atoms with Crippen LogP contribution in [0, 0.1) is 0 Å². The second kappa shape index (κ2) is 4.67. The molecule has 0 radical (unpaired) electrons. The summed E-state index contributed by atoms with van der Waals surface area (Å²) in [5, 5.41) is 4.35. The molecule has 1 aliphatic carbocycles. The fourth-order valence-corrected chi connectivity index (χ4v) is 4.78. The van der Waals surface area contributed by atoms with E-state index in [2.05, 4.69) is 5.32 Å². The third-order valence-electron chi connectivity index (χ3n) is 4.60. The summed E-state index contributed by atoms with van der Waals surface area (Å²) in [4.78, 5) is 19.9. The van der Waals surface area contributed by atoms with E-state index in [1.54, 1.807) is 15.9 Å². The smallest absolute Gasteiger partial charge is 0.262 e. The predicted octanol–water partition coefficient (Wildman–Crippen LogP) is 2.30. The van der Waals surface area contributed by atoms with Gasteiger partial charge in [0, 0.05) is 11.9 Å². The van der Waals surface area contributed by atoms with Crippen molar-refractivity contribution in [2.75, 3.05) is 6.54 Å². The lowest BCUT2D eigenvalue weighted by atomic mass is 9.97. The Morgan fingerprint density at radius 3 is 2.95 bits per heavy atom. The molecule has 4 nitrogen and oxygen atoms in total. The lowest BCUT2D eigenvalue weighted by Crippen LogP contribution is -2.27. The summed E-state index contributed by atoms with van der Waals surface area (Å²) < 4.78 is 1.77. The van der Waals surface area contributed by atoms with Crippen molar-refractivity contribution in [3.05, 3.63) is 26.6 Å². The number of fused-ring (bicyclic) bond motifs is 3. The van der Waals surface area contributed by atoms with Crippen molar-refractivity contribution < 1.29 is 0 Å². The molecule has 0 aromatic carbocycles. The van der Waals surface area contributed by atoms with Crippen molar-refractivity contribution in [3.8, 4) is 0 Å². The van der Waals surface area contributed by atoms with Crippen molar-refractivity contribution >= 4 is 21.6 Å². The molecule has 106 valence electrons. The first kappa shape index (κ1) is 12.5. The number of nitrogens with zero attached hydrogens (tertiary/aromatic N) is 2. The van der Waals surface area contributed by atoms with Crippen molar-refractivity contribution in [2.24, 2.45) is 7.05 Å². The third kappa shape index (κ3) is 1.76. The van der Waals surface area contributed by atoms with Gasteiger partial charge in [-0.05, 0) is 50.6 Å². The molecule has 2 aliphatic rings. The zero-order valence-electron chi connectivity index (χ0n) is 11.7. The Balaban J connectivity index is 1.96. The van der Waals surface area contributed by atoms with Gasteiger partial charge in [-0.1, -0.05) is 0 Å². The second-order valence-corrected chi connectivity index (χ2v) is 6.96. The van der Waals surface area contributed by atoms with Crippen LogP contribution in [0.25, 0.3) is 10.2 Å². The van der Waals surface area contributed by atoms with E-state index in [1.165, 1.54) is 29.7 Å². The molecule has 1 N–H and O–H groups in total. The number of hydrogen-bond acceptors (Lipinski definition) is 4. The van der Waals surface area contributed by atoms with Crippen LogP contribution in [0.3, 0.4) is 0 Å². The van der Waals surface area contributed by atoms with Gasteiger partial charge in [-0.25, -0.2) is 4.98 Å². The highest BCUT2D eigenvalue weighted by Crippen LogP contribution is 2.34. The molecule has 5 heteroatoms. The van der Waals surface area contributed by atoms with Crippen LogP contribution in [0.1, 0.15) is 48.0 Å². The van der Waals surface area contributed by atoms with Crippen LogP contribution in [-0.4, -0.2) is 16.1 Å². The first-order valence-corrected chi connectivity index (χ1v) is 8.32. The molecule has 2 aromatic rings. The van der Waals surface area contributed by atoms with Crippen LogP contribution >= 0.6 is 11.3 Å².